The number of hydrogen-bond donors (Lipinski definition) is 1. The topological polar surface area (TPSA) is 32.3 Å². The van der Waals surface area contributed by atoms with Crippen LogP contribution in [0.1, 0.15) is 57.2 Å². The van der Waals surface area contributed by atoms with Crippen molar-refractivity contribution in [3.63, 3.8) is 0 Å². The lowest BCUT2D eigenvalue weighted by Gasteiger charge is -2.37. The lowest BCUT2D eigenvalue weighted by molar-refractivity contribution is -0.134. The molecule has 2 saturated carbocycles. The summed E-state index contributed by atoms with van der Waals surface area (Å²) in [5.74, 6) is 1.12. The van der Waals surface area contributed by atoms with E-state index in [-0.39, 0.29) is 11.7 Å². The predicted octanol–water partition coefficient (Wildman–Crippen LogP) is 3.29. The van der Waals surface area contributed by atoms with Crippen molar-refractivity contribution in [2.75, 3.05) is 0 Å². The van der Waals surface area contributed by atoms with Gasteiger partial charge in [0.1, 0.15) is 11.7 Å². The summed E-state index contributed by atoms with van der Waals surface area (Å²) < 4.78 is 0. The standard InChI is InChI=1S/C16H22N2OS/c1-11-3-2-4-13(9-11)18-14(12-5-8-20-10-12)17-16(6-7-16)15(18)19/h5,8,10-11,13-14,17H,2-4,6-7,9H2,1H3. The lowest BCUT2D eigenvalue weighted by atomic mass is 9.86. The minimum absolute atomic E-state index is 0.117. The molecule has 1 amide bonds. The van der Waals surface area contributed by atoms with Crippen LogP contribution in [0.15, 0.2) is 16.8 Å². The van der Waals surface area contributed by atoms with Crippen LogP contribution in [-0.2, 0) is 4.79 Å². The van der Waals surface area contributed by atoms with E-state index in [1.165, 1.54) is 31.2 Å². The third-order valence-corrected chi connectivity index (χ3v) is 5.95. The van der Waals surface area contributed by atoms with Crippen LogP contribution in [0.4, 0.5) is 0 Å². The molecule has 0 aromatic carbocycles. The van der Waals surface area contributed by atoms with E-state index in [0.29, 0.717) is 11.9 Å². The Balaban J connectivity index is 1.65. The van der Waals surface area contributed by atoms with Crippen LogP contribution in [-0.4, -0.2) is 22.4 Å². The maximum Gasteiger partial charge on any atom is 0.244 e. The number of carbonyl (C=O) groups is 1. The fourth-order valence-electron chi connectivity index (χ4n) is 3.95. The third kappa shape index (κ3) is 1.92. The van der Waals surface area contributed by atoms with E-state index in [1.54, 1.807) is 11.3 Å². The molecule has 4 rings (SSSR count). The summed E-state index contributed by atoms with van der Waals surface area (Å²) in [6.07, 6.45) is 7.08. The highest BCUT2D eigenvalue weighted by Crippen LogP contribution is 2.48. The molecule has 1 saturated heterocycles. The van der Waals surface area contributed by atoms with E-state index >= 15 is 0 Å². The highest BCUT2D eigenvalue weighted by molar-refractivity contribution is 7.08. The van der Waals surface area contributed by atoms with Gasteiger partial charge in [-0.3, -0.25) is 10.1 Å². The molecule has 1 N–H and O–H groups in total. The summed E-state index contributed by atoms with van der Waals surface area (Å²) in [6.45, 7) is 2.33. The van der Waals surface area contributed by atoms with E-state index in [9.17, 15) is 4.79 Å². The van der Waals surface area contributed by atoms with Gasteiger partial charge in [-0.2, -0.15) is 11.3 Å². The molecule has 3 aliphatic rings. The molecule has 2 heterocycles. The normalized spacial score (nSPS) is 35.8. The molecule has 20 heavy (non-hydrogen) atoms. The Morgan fingerprint density at radius 1 is 1.40 bits per heavy atom. The van der Waals surface area contributed by atoms with Gasteiger partial charge < -0.3 is 4.90 Å². The minimum Gasteiger partial charge on any atom is -0.318 e. The van der Waals surface area contributed by atoms with E-state index in [0.717, 1.165) is 18.8 Å². The minimum atomic E-state index is -0.201. The summed E-state index contributed by atoms with van der Waals surface area (Å²) in [6, 6.07) is 2.60. The van der Waals surface area contributed by atoms with Gasteiger partial charge in [-0.25, -0.2) is 0 Å². The van der Waals surface area contributed by atoms with Crippen LogP contribution in [0, 0.1) is 5.92 Å². The van der Waals surface area contributed by atoms with Crippen LogP contribution in [0.2, 0.25) is 0 Å². The first-order chi connectivity index (χ1) is 9.70. The largest absolute Gasteiger partial charge is 0.318 e. The second-order valence-corrected chi connectivity index (χ2v) is 7.60. The number of amides is 1. The summed E-state index contributed by atoms with van der Waals surface area (Å²) in [5.41, 5.74) is 1.07. The number of thiophene rings is 1. The van der Waals surface area contributed by atoms with E-state index in [1.807, 2.05) is 0 Å². The zero-order valence-corrected chi connectivity index (χ0v) is 12.8. The Bertz CT molecular complexity index is 509. The van der Waals surface area contributed by atoms with E-state index < -0.39 is 0 Å². The van der Waals surface area contributed by atoms with Crippen LogP contribution >= 0.6 is 11.3 Å². The summed E-state index contributed by atoms with van der Waals surface area (Å²) >= 11 is 1.72. The fourth-order valence-corrected chi connectivity index (χ4v) is 4.63. The molecular formula is C16H22N2OS. The van der Waals surface area contributed by atoms with Gasteiger partial charge in [-0.15, -0.1) is 0 Å². The number of hydrogen-bond acceptors (Lipinski definition) is 3. The summed E-state index contributed by atoms with van der Waals surface area (Å²) in [4.78, 5) is 15.1. The fraction of sp³-hybridized carbons (Fsp3) is 0.688. The van der Waals surface area contributed by atoms with Gasteiger partial charge in [0.15, 0.2) is 0 Å². The van der Waals surface area contributed by atoms with E-state index in [2.05, 4.69) is 34.0 Å². The van der Waals surface area contributed by atoms with Crippen molar-refractivity contribution in [2.45, 2.75) is 63.2 Å². The highest BCUT2D eigenvalue weighted by atomic mass is 32.1. The molecule has 1 aliphatic heterocycles. The Morgan fingerprint density at radius 2 is 2.25 bits per heavy atom. The van der Waals surface area contributed by atoms with Gasteiger partial charge in [0, 0.05) is 6.04 Å². The molecule has 1 aromatic rings. The van der Waals surface area contributed by atoms with Gasteiger partial charge >= 0.3 is 0 Å². The number of rotatable bonds is 2. The zero-order chi connectivity index (χ0) is 13.7. The molecule has 0 radical (unpaired) electrons. The van der Waals surface area contributed by atoms with Gasteiger partial charge in [0.2, 0.25) is 5.91 Å². The highest BCUT2D eigenvalue weighted by Gasteiger charge is 2.60. The Kier molecular flexibility index (Phi) is 2.93. The SMILES string of the molecule is CC1CCCC(N2C(=O)C3(CC3)NC2c2ccsc2)C1. The first-order valence-electron chi connectivity index (χ1n) is 7.82. The van der Waals surface area contributed by atoms with Crippen molar-refractivity contribution in [3.05, 3.63) is 22.4 Å². The number of nitrogens with one attached hydrogen (secondary N) is 1. The van der Waals surface area contributed by atoms with Gasteiger partial charge in [-0.1, -0.05) is 19.8 Å². The van der Waals surface area contributed by atoms with Crippen LogP contribution in [0.25, 0.3) is 0 Å². The summed E-state index contributed by atoms with van der Waals surface area (Å²) in [7, 11) is 0. The molecule has 108 valence electrons. The van der Waals surface area contributed by atoms with Crippen molar-refractivity contribution in [3.8, 4) is 0 Å². The molecule has 2 aliphatic carbocycles. The number of nitrogens with zero attached hydrogens (tertiary/aromatic N) is 1. The first-order valence-corrected chi connectivity index (χ1v) is 8.76. The zero-order valence-electron chi connectivity index (χ0n) is 12.0. The molecule has 4 heteroatoms. The molecule has 1 spiro atoms. The van der Waals surface area contributed by atoms with Gasteiger partial charge in [0.05, 0.1) is 0 Å². The predicted molar refractivity (Wildman–Crippen MR) is 80.4 cm³/mol. The van der Waals surface area contributed by atoms with Gasteiger partial charge in [0.25, 0.3) is 0 Å². The molecule has 3 nitrogen and oxygen atoms in total. The molecule has 0 bridgehead atoms. The monoisotopic (exact) mass is 290 g/mol. The van der Waals surface area contributed by atoms with Crippen molar-refractivity contribution >= 4 is 17.2 Å². The first kappa shape index (κ1) is 12.8. The lowest BCUT2D eigenvalue weighted by Crippen LogP contribution is -2.42. The van der Waals surface area contributed by atoms with Crippen LogP contribution in [0.5, 0.6) is 0 Å². The van der Waals surface area contributed by atoms with Crippen molar-refractivity contribution < 1.29 is 4.79 Å². The maximum atomic E-state index is 12.9. The van der Waals surface area contributed by atoms with Crippen LogP contribution < -0.4 is 5.32 Å². The van der Waals surface area contributed by atoms with Crippen molar-refractivity contribution in [2.24, 2.45) is 5.92 Å². The maximum absolute atomic E-state index is 12.9. The Labute approximate surface area is 124 Å². The van der Waals surface area contributed by atoms with E-state index in [4.69, 9.17) is 0 Å². The van der Waals surface area contributed by atoms with Crippen molar-refractivity contribution in [1.82, 2.24) is 10.2 Å². The molecular weight excluding hydrogens is 268 g/mol. The third-order valence-electron chi connectivity index (χ3n) is 5.25. The smallest absolute Gasteiger partial charge is 0.244 e. The molecule has 3 unspecified atom stereocenters. The Hall–Kier alpha value is -0.870. The van der Waals surface area contributed by atoms with Crippen LogP contribution in [0.3, 0.4) is 0 Å². The average Bonchev–Trinajstić information content (AvgIpc) is 2.91. The summed E-state index contributed by atoms with van der Waals surface area (Å²) in [5, 5.41) is 7.94. The molecule has 1 aromatic heterocycles. The quantitative estimate of drug-likeness (QED) is 0.906. The number of carbonyl (C=O) groups excluding carboxylic acids is 1. The second-order valence-electron chi connectivity index (χ2n) is 6.82. The molecule has 3 fully saturated rings. The van der Waals surface area contributed by atoms with Gasteiger partial charge in [-0.05, 0) is 54.0 Å². The Morgan fingerprint density at radius 3 is 2.90 bits per heavy atom. The van der Waals surface area contributed by atoms with Crippen molar-refractivity contribution in [1.29, 1.82) is 0 Å². The second kappa shape index (κ2) is 4.57. The molecule has 3 atom stereocenters. The average molecular weight is 290 g/mol.